The van der Waals surface area contributed by atoms with Gasteiger partial charge in [-0.3, -0.25) is 4.79 Å². The maximum atomic E-state index is 11.7. The van der Waals surface area contributed by atoms with Crippen molar-refractivity contribution in [2.24, 2.45) is 5.41 Å². The molecule has 2 N–H and O–H groups in total. The molecule has 0 radical (unpaired) electrons. The molecule has 1 rings (SSSR count). The van der Waals surface area contributed by atoms with E-state index in [0.717, 1.165) is 0 Å². The predicted octanol–water partition coefficient (Wildman–Crippen LogP) is 1.93. The van der Waals surface area contributed by atoms with E-state index >= 15 is 0 Å². The van der Waals surface area contributed by atoms with Crippen molar-refractivity contribution in [3.05, 3.63) is 11.8 Å². The first-order valence-electron chi connectivity index (χ1n) is 5.56. The van der Waals surface area contributed by atoms with Crippen molar-refractivity contribution in [3.8, 4) is 0 Å². The fourth-order valence-corrected chi connectivity index (χ4v) is 1.03. The van der Waals surface area contributed by atoms with Crippen molar-refractivity contribution in [2.45, 2.75) is 40.0 Å². The largest absolute Gasteiger partial charge is 0.395 e. The van der Waals surface area contributed by atoms with Crippen LogP contribution in [0.15, 0.2) is 10.6 Å². The van der Waals surface area contributed by atoms with E-state index in [1.54, 1.807) is 6.07 Å². The van der Waals surface area contributed by atoms with Crippen LogP contribution in [0, 0.1) is 5.41 Å². The molecular formula is C12H20N2O3. The highest BCUT2D eigenvalue weighted by Crippen LogP contribution is 2.25. The molecule has 1 amide bonds. The summed E-state index contributed by atoms with van der Waals surface area (Å²) in [6.45, 7) is 9.09. The summed E-state index contributed by atoms with van der Waals surface area (Å²) >= 11 is 0. The van der Waals surface area contributed by atoms with Crippen molar-refractivity contribution in [3.63, 3.8) is 0 Å². The fraction of sp³-hybridized carbons (Fsp3) is 0.667. The van der Waals surface area contributed by atoms with Gasteiger partial charge in [-0.2, -0.15) is 0 Å². The van der Waals surface area contributed by atoms with Gasteiger partial charge >= 0.3 is 0 Å². The minimum atomic E-state index is -0.502. The third kappa shape index (κ3) is 3.30. The van der Waals surface area contributed by atoms with Crippen LogP contribution in [0.1, 0.15) is 40.4 Å². The summed E-state index contributed by atoms with van der Waals surface area (Å²) in [7, 11) is 0. The Hall–Kier alpha value is -1.36. The summed E-state index contributed by atoms with van der Waals surface area (Å²) < 4.78 is 5.11. The molecule has 17 heavy (non-hydrogen) atoms. The van der Waals surface area contributed by atoms with E-state index in [1.807, 2.05) is 34.6 Å². The van der Waals surface area contributed by atoms with Crippen LogP contribution in [0.3, 0.4) is 0 Å². The van der Waals surface area contributed by atoms with Gasteiger partial charge in [-0.1, -0.05) is 39.8 Å². The molecule has 0 aliphatic carbocycles. The first-order chi connectivity index (χ1) is 7.66. The van der Waals surface area contributed by atoms with Gasteiger partial charge in [0.2, 0.25) is 5.91 Å². The van der Waals surface area contributed by atoms with Crippen molar-refractivity contribution in [1.29, 1.82) is 0 Å². The Bertz CT molecular complexity index is 402. The molecule has 1 heterocycles. The molecule has 0 saturated heterocycles. The molecule has 5 nitrogen and oxygen atoms in total. The lowest BCUT2D eigenvalue weighted by molar-refractivity contribution is -0.123. The quantitative estimate of drug-likeness (QED) is 0.846. The summed E-state index contributed by atoms with van der Waals surface area (Å²) in [5.74, 6) is 0.796. The lowest BCUT2D eigenvalue weighted by Gasteiger charge is -2.17. The number of aliphatic hydroxyl groups excluding tert-OH is 1. The van der Waals surface area contributed by atoms with Gasteiger partial charge in [0.25, 0.3) is 0 Å². The first-order valence-corrected chi connectivity index (χ1v) is 5.56. The molecule has 0 unspecified atom stereocenters. The van der Waals surface area contributed by atoms with Gasteiger partial charge in [0.05, 0.1) is 6.61 Å². The maximum Gasteiger partial charge on any atom is 0.230 e. The number of amides is 1. The van der Waals surface area contributed by atoms with Crippen LogP contribution in [0.4, 0.5) is 5.82 Å². The van der Waals surface area contributed by atoms with Crippen LogP contribution in [0.5, 0.6) is 0 Å². The van der Waals surface area contributed by atoms with Crippen molar-refractivity contribution >= 4 is 11.7 Å². The molecule has 5 heteroatoms. The summed E-state index contributed by atoms with van der Waals surface area (Å²) in [5.41, 5.74) is -0.983. The molecule has 0 aromatic carbocycles. The zero-order valence-electron chi connectivity index (χ0n) is 11.0. The number of aromatic nitrogens is 1. The Balaban J connectivity index is 2.80. The molecule has 0 aliphatic rings. The lowest BCUT2D eigenvalue weighted by atomic mass is 9.91. The number of nitrogens with one attached hydrogen (secondary N) is 1. The second kappa shape index (κ2) is 4.49. The van der Waals surface area contributed by atoms with Gasteiger partial charge in [-0.05, 0) is 0 Å². The molecule has 0 atom stereocenters. The normalized spacial score (nSPS) is 12.6. The van der Waals surface area contributed by atoms with E-state index in [1.165, 1.54) is 0 Å². The highest BCUT2D eigenvalue weighted by atomic mass is 16.5. The standard InChI is InChI=1S/C12H20N2O3/c1-11(2,3)10(16)13-9-6-8(17-14-9)12(4,5)7-15/h6,15H,7H2,1-5H3,(H,13,14,16). The fourth-order valence-electron chi connectivity index (χ4n) is 1.03. The highest BCUT2D eigenvalue weighted by Gasteiger charge is 2.27. The number of aliphatic hydroxyl groups is 1. The molecule has 0 spiro atoms. The minimum Gasteiger partial charge on any atom is -0.395 e. The SMILES string of the molecule is CC(C)(C)C(=O)Nc1cc(C(C)(C)CO)on1. The first kappa shape index (κ1) is 13.7. The Morgan fingerprint density at radius 2 is 2.00 bits per heavy atom. The van der Waals surface area contributed by atoms with Crippen molar-refractivity contribution in [1.82, 2.24) is 5.16 Å². The second-order valence-corrected chi connectivity index (χ2v) is 5.82. The topological polar surface area (TPSA) is 75.4 Å². The highest BCUT2D eigenvalue weighted by molar-refractivity contribution is 5.93. The molecule has 1 aromatic heterocycles. The summed E-state index contributed by atoms with van der Waals surface area (Å²) in [6, 6.07) is 1.64. The van der Waals surface area contributed by atoms with E-state index in [9.17, 15) is 9.90 Å². The van der Waals surface area contributed by atoms with Gasteiger partial charge in [-0.25, -0.2) is 0 Å². The monoisotopic (exact) mass is 240 g/mol. The Kier molecular flexibility index (Phi) is 3.62. The third-order valence-electron chi connectivity index (χ3n) is 2.50. The van der Waals surface area contributed by atoms with Crippen molar-refractivity contribution < 1.29 is 14.4 Å². The van der Waals surface area contributed by atoms with Crippen LogP contribution in [-0.2, 0) is 10.2 Å². The second-order valence-electron chi connectivity index (χ2n) is 5.82. The van der Waals surface area contributed by atoms with Gasteiger partial charge in [0.15, 0.2) is 5.82 Å². The minimum absolute atomic E-state index is 0.0468. The average molecular weight is 240 g/mol. The number of hydrogen-bond acceptors (Lipinski definition) is 4. The van der Waals surface area contributed by atoms with E-state index in [4.69, 9.17) is 4.52 Å². The number of hydrogen-bond donors (Lipinski definition) is 2. The van der Waals surface area contributed by atoms with Gasteiger partial charge in [0, 0.05) is 16.9 Å². The van der Waals surface area contributed by atoms with Crippen LogP contribution in [-0.4, -0.2) is 22.8 Å². The predicted molar refractivity (Wildman–Crippen MR) is 64.7 cm³/mol. The number of carbonyl (C=O) groups is 1. The molecule has 0 bridgehead atoms. The van der Waals surface area contributed by atoms with Crippen LogP contribution in [0.2, 0.25) is 0 Å². The van der Waals surface area contributed by atoms with E-state index in [2.05, 4.69) is 10.5 Å². The summed E-state index contributed by atoms with van der Waals surface area (Å²) in [6.07, 6.45) is 0. The van der Waals surface area contributed by atoms with E-state index < -0.39 is 10.8 Å². The maximum absolute atomic E-state index is 11.7. The summed E-state index contributed by atoms with van der Waals surface area (Å²) in [5, 5.41) is 15.6. The molecule has 1 aromatic rings. The smallest absolute Gasteiger partial charge is 0.230 e. The number of rotatable bonds is 3. The zero-order valence-corrected chi connectivity index (χ0v) is 11.0. The number of anilines is 1. The average Bonchev–Trinajstić information content (AvgIpc) is 2.65. The van der Waals surface area contributed by atoms with Crippen LogP contribution < -0.4 is 5.32 Å². The zero-order chi connectivity index (χ0) is 13.3. The van der Waals surface area contributed by atoms with Gasteiger partial charge in [-0.15, -0.1) is 0 Å². The lowest BCUT2D eigenvalue weighted by Crippen LogP contribution is -2.27. The molecule has 96 valence electrons. The Labute approximate surface area is 101 Å². The molecule has 0 aliphatic heterocycles. The van der Waals surface area contributed by atoms with Crippen molar-refractivity contribution in [2.75, 3.05) is 11.9 Å². The van der Waals surface area contributed by atoms with E-state index in [-0.39, 0.29) is 12.5 Å². The molecule has 0 fully saturated rings. The molecular weight excluding hydrogens is 220 g/mol. The van der Waals surface area contributed by atoms with Crippen LogP contribution >= 0.6 is 0 Å². The Morgan fingerprint density at radius 1 is 1.41 bits per heavy atom. The Morgan fingerprint density at radius 3 is 2.47 bits per heavy atom. The third-order valence-corrected chi connectivity index (χ3v) is 2.50. The number of carbonyl (C=O) groups excluding carboxylic acids is 1. The number of nitrogens with zero attached hydrogens (tertiary/aromatic N) is 1. The summed E-state index contributed by atoms with van der Waals surface area (Å²) in [4.78, 5) is 11.7. The van der Waals surface area contributed by atoms with Crippen LogP contribution in [0.25, 0.3) is 0 Å². The molecule has 0 saturated carbocycles. The van der Waals surface area contributed by atoms with E-state index in [0.29, 0.717) is 11.6 Å². The van der Waals surface area contributed by atoms with Gasteiger partial charge in [0.1, 0.15) is 5.76 Å². The van der Waals surface area contributed by atoms with Gasteiger partial charge < -0.3 is 14.9 Å².